The summed E-state index contributed by atoms with van der Waals surface area (Å²) in [5.74, 6) is 1.76. The van der Waals surface area contributed by atoms with Crippen LogP contribution in [0, 0.1) is 6.92 Å². The molecule has 1 heterocycles. The predicted molar refractivity (Wildman–Crippen MR) is 66.4 cm³/mol. The zero-order valence-corrected chi connectivity index (χ0v) is 10.9. The fourth-order valence-electron chi connectivity index (χ4n) is 1.38. The molecule has 0 fully saturated rings. The van der Waals surface area contributed by atoms with E-state index in [0.29, 0.717) is 6.61 Å². The van der Waals surface area contributed by atoms with Gasteiger partial charge in [0.2, 0.25) is 0 Å². The van der Waals surface area contributed by atoms with E-state index in [0.717, 1.165) is 21.7 Å². The van der Waals surface area contributed by atoms with Gasteiger partial charge in [-0.25, -0.2) is 4.98 Å². The van der Waals surface area contributed by atoms with Gasteiger partial charge in [0.15, 0.2) is 0 Å². The van der Waals surface area contributed by atoms with E-state index in [9.17, 15) is 0 Å². The second-order valence-electron chi connectivity index (χ2n) is 3.59. The van der Waals surface area contributed by atoms with Crippen LogP contribution in [0.2, 0.25) is 0 Å². The molecule has 0 radical (unpaired) electrons. The van der Waals surface area contributed by atoms with Gasteiger partial charge in [0.05, 0.1) is 4.47 Å². The number of rotatable bonds is 3. The highest BCUT2D eigenvalue weighted by Gasteiger charge is 2.05. The molecule has 0 aliphatic heterocycles. The van der Waals surface area contributed by atoms with Gasteiger partial charge >= 0.3 is 0 Å². The minimum atomic E-state index is 0.479. The highest BCUT2D eigenvalue weighted by Crippen LogP contribution is 2.24. The van der Waals surface area contributed by atoms with Crippen LogP contribution < -0.4 is 4.74 Å². The van der Waals surface area contributed by atoms with Gasteiger partial charge in [0.1, 0.15) is 18.2 Å². The number of benzene rings is 1. The van der Waals surface area contributed by atoms with E-state index in [1.807, 2.05) is 49.0 Å². The lowest BCUT2D eigenvalue weighted by atomic mass is 10.3. The lowest BCUT2D eigenvalue weighted by Gasteiger charge is -2.08. The molecule has 2 aromatic rings. The summed E-state index contributed by atoms with van der Waals surface area (Å²) in [6.07, 6.45) is 1.85. The normalized spacial score (nSPS) is 10.4. The molecule has 4 heteroatoms. The van der Waals surface area contributed by atoms with Crippen LogP contribution in [-0.4, -0.2) is 9.55 Å². The molecule has 1 aromatic heterocycles. The minimum absolute atomic E-state index is 0.479. The SMILES string of the molecule is Cc1cnc(COc2ccccc2Br)n1C. The lowest BCUT2D eigenvalue weighted by molar-refractivity contribution is 0.289. The van der Waals surface area contributed by atoms with E-state index in [1.54, 1.807) is 0 Å². The average Bonchev–Trinajstić information content (AvgIpc) is 2.59. The zero-order valence-electron chi connectivity index (χ0n) is 9.27. The van der Waals surface area contributed by atoms with Crippen LogP contribution >= 0.6 is 15.9 Å². The van der Waals surface area contributed by atoms with Crippen molar-refractivity contribution in [2.24, 2.45) is 7.05 Å². The molecule has 2 rings (SSSR count). The van der Waals surface area contributed by atoms with Gasteiger partial charge in [-0.05, 0) is 35.0 Å². The van der Waals surface area contributed by atoms with Crippen molar-refractivity contribution in [1.29, 1.82) is 0 Å². The van der Waals surface area contributed by atoms with Crippen LogP contribution in [0.4, 0.5) is 0 Å². The number of hydrogen-bond donors (Lipinski definition) is 0. The molecule has 0 unspecified atom stereocenters. The first-order valence-electron chi connectivity index (χ1n) is 5.03. The molecule has 3 nitrogen and oxygen atoms in total. The Hall–Kier alpha value is -1.29. The molecular formula is C12H13BrN2O. The number of ether oxygens (including phenoxy) is 1. The van der Waals surface area contributed by atoms with E-state index < -0.39 is 0 Å². The van der Waals surface area contributed by atoms with Crippen molar-refractivity contribution in [3.05, 3.63) is 46.5 Å². The zero-order chi connectivity index (χ0) is 11.5. The van der Waals surface area contributed by atoms with Gasteiger partial charge in [-0.2, -0.15) is 0 Å². The smallest absolute Gasteiger partial charge is 0.146 e. The molecule has 0 amide bonds. The third-order valence-corrected chi connectivity index (χ3v) is 3.17. The van der Waals surface area contributed by atoms with Crippen LogP contribution in [0.25, 0.3) is 0 Å². The number of nitrogens with zero attached hydrogens (tertiary/aromatic N) is 2. The molecule has 84 valence electrons. The maximum absolute atomic E-state index is 5.69. The minimum Gasteiger partial charge on any atom is -0.485 e. The summed E-state index contributed by atoms with van der Waals surface area (Å²) < 4.78 is 8.67. The van der Waals surface area contributed by atoms with Crippen molar-refractivity contribution in [1.82, 2.24) is 9.55 Å². The van der Waals surface area contributed by atoms with Gasteiger partial charge in [0, 0.05) is 18.9 Å². The number of para-hydroxylation sites is 1. The van der Waals surface area contributed by atoms with Crippen molar-refractivity contribution in [3.8, 4) is 5.75 Å². The number of imidazole rings is 1. The summed E-state index contributed by atoms with van der Waals surface area (Å²) in [7, 11) is 1.99. The van der Waals surface area contributed by atoms with E-state index in [1.165, 1.54) is 0 Å². The van der Waals surface area contributed by atoms with Crippen LogP contribution in [0.5, 0.6) is 5.75 Å². The predicted octanol–water partition coefficient (Wildman–Crippen LogP) is 3.07. The van der Waals surface area contributed by atoms with Gasteiger partial charge in [0.25, 0.3) is 0 Å². The summed E-state index contributed by atoms with van der Waals surface area (Å²) in [5.41, 5.74) is 1.13. The molecule has 0 spiro atoms. The summed E-state index contributed by atoms with van der Waals surface area (Å²) in [6.45, 7) is 2.50. The molecule has 0 aliphatic rings. The number of aryl methyl sites for hydroxylation is 1. The summed E-state index contributed by atoms with van der Waals surface area (Å²) >= 11 is 3.44. The Labute approximate surface area is 103 Å². The molecule has 0 saturated carbocycles. The maximum atomic E-state index is 5.69. The number of hydrogen-bond acceptors (Lipinski definition) is 2. The number of aromatic nitrogens is 2. The van der Waals surface area contributed by atoms with E-state index in [2.05, 4.69) is 20.9 Å². The van der Waals surface area contributed by atoms with Crippen LogP contribution in [0.15, 0.2) is 34.9 Å². The summed E-state index contributed by atoms with van der Waals surface area (Å²) in [5, 5.41) is 0. The van der Waals surface area contributed by atoms with Gasteiger partial charge in [-0.15, -0.1) is 0 Å². The molecule has 0 atom stereocenters. The molecule has 0 aliphatic carbocycles. The van der Waals surface area contributed by atoms with Gasteiger partial charge < -0.3 is 9.30 Å². The Morgan fingerprint density at radius 1 is 1.38 bits per heavy atom. The van der Waals surface area contributed by atoms with Gasteiger partial charge in [-0.1, -0.05) is 12.1 Å². The first-order valence-corrected chi connectivity index (χ1v) is 5.82. The maximum Gasteiger partial charge on any atom is 0.146 e. The van der Waals surface area contributed by atoms with Crippen molar-refractivity contribution in [2.45, 2.75) is 13.5 Å². The van der Waals surface area contributed by atoms with Crippen molar-refractivity contribution >= 4 is 15.9 Å². The Kier molecular flexibility index (Phi) is 3.29. The monoisotopic (exact) mass is 280 g/mol. The van der Waals surface area contributed by atoms with Gasteiger partial charge in [-0.3, -0.25) is 0 Å². The Morgan fingerprint density at radius 3 is 2.75 bits per heavy atom. The highest BCUT2D eigenvalue weighted by molar-refractivity contribution is 9.10. The molecule has 0 N–H and O–H groups in total. The van der Waals surface area contributed by atoms with E-state index in [-0.39, 0.29) is 0 Å². The van der Waals surface area contributed by atoms with Crippen molar-refractivity contribution < 1.29 is 4.74 Å². The molecule has 0 saturated heterocycles. The average molecular weight is 281 g/mol. The fraction of sp³-hybridized carbons (Fsp3) is 0.250. The quantitative estimate of drug-likeness (QED) is 0.864. The Balaban J connectivity index is 2.08. The second-order valence-corrected chi connectivity index (χ2v) is 4.45. The lowest BCUT2D eigenvalue weighted by Crippen LogP contribution is -2.04. The van der Waals surface area contributed by atoms with Crippen LogP contribution in [0.1, 0.15) is 11.5 Å². The topological polar surface area (TPSA) is 27.1 Å². The third-order valence-electron chi connectivity index (χ3n) is 2.51. The molecule has 16 heavy (non-hydrogen) atoms. The largest absolute Gasteiger partial charge is 0.485 e. The molecule has 0 bridgehead atoms. The van der Waals surface area contributed by atoms with Crippen molar-refractivity contribution in [3.63, 3.8) is 0 Å². The second kappa shape index (κ2) is 4.70. The van der Waals surface area contributed by atoms with Crippen molar-refractivity contribution in [2.75, 3.05) is 0 Å². The fourth-order valence-corrected chi connectivity index (χ4v) is 1.78. The number of halogens is 1. The summed E-state index contributed by atoms with van der Waals surface area (Å²) in [6, 6.07) is 7.80. The third kappa shape index (κ3) is 2.27. The van der Waals surface area contributed by atoms with Crippen LogP contribution in [-0.2, 0) is 13.7 Å². The van der Waals surface area contributed by atoms with E-state index in [4.69, 9.17) is 4.74 Å². The molecular weight excluding hydrogens is 268 g/mol. The van der Waals surface area contributed by atoms with Crippen LogP contribution in [0.3, 0.4) is 0 Å². The highest BCUT2D eigenvalue weighted by atomic mass is 79.9. The standard InChI is InChI=1S/C12H13BrN2O/c1-9-7-14-12(15(9)2)8-16-11-6-4-3-5-10(11)13/h3-7H,8H2,1-2H3. The first kappa shape index (κ1) is 11.2. The first-order chi connectivity index (χ1) is 7.68. The van der Waals surface area contributed by atoms with E-state index >= 15 is 0 Å². The summed E-state index contributed by atoms with van der Waals surface area (Å²) in [4.78, 5) is 4.28. The Bertz CT molecular complexity index is 494. The Morgan fingerprint density at radius 2 is 2.12 bits per heavy atom. The molecule has 1 aromatic carbocycles.